The normalized spacial score (nSPS) is 14.4. The zero-order valence-electron chi connectivity index (χ0n) is 19.2. The van der Waals surface area contributed by atoms with Crippen molar-refractivity contribution in [2.75, 3.05) is 26.2 Å². The Kier molecular flexibility index (Phi) is 7.96. The summed E-state index contributed by atoms with van der Waals surface area (Å²) in [6.07, 6.45) is 0. The summed E-state index contributed by atoms with van der Waals surface area (Å²) in [5.41, 5.74) is 2.69. The van der Waals surface area contributed by atoms with Crippen molar-refractivity contribution in [1.82, 2.24) is 15.1 Å². The molecule has 0 saturated carbocycles. The first kappa shape index (κ1) is 24.1. The second kappa shape index (κ2) is 10.2. The van der Waals surface area contributed by atoms with E-state index in [-0.39, 0.29) is 17.5 Å². The minimum atomic E-state index is -0.692. The van der Waals surface area contributed by atoms with Gasteiger partial charge in [0, 0.05) is 66.8 Å². The van der Waals surface area contributed by atoms with Crippen LogP contribution in [-0.2, 0) is 9.59 Å². The molecule has 0 atom stereocenters. The van der Waals surface area contributed by atoms with Crippen LogP contribution in [0.2, 0.25) is 0 Å². The zero-order chi connectivity index (χ0) is 23.3. The van der Waals surface area contributed by atoms with Crippen LogP contribution in [0.3, 0.4) is 0 Å². The van der Waals surface area contributed by atoms with Gasteiger partial charge in [-0.15, -0.1) is 0 Å². The molecule has 2 rings (SSSR count). The van der Waals surface area contributed by atoms with E-state index in [1.54, 1.807) is 21.9 Å². The SMILES string of the molecule is CCN(CC)C(=O)C1=C(C)NC(C)=C(C(=O)N(CC)CC)C1c1cccc([N+](=O)[O-])c1. The van der Waals surface area contributed by atoms with Gasteiger partial charge in [-0.25, -0.2) is 0 Å². The molecular weight excluding hydrogens is 396 g/mol. The average molecular weight is 429 g/mol. The molecule has 0 bridgehead atoms. The number of amides is 2. The lowest BCUT2D eigenvalue weighted by molar-refractivity contribution is -0.384. The fourth-order valence-corrected chi connectivity index (χ4v) is 4.07. The van der Waals surface area contributed by atoms with E-state index in [2.05, 4.69) is 5.32 Å². The first-order valence-electron chi connectivity index (χ1n) is 10.7. The molecule has 1 aromatic carbocycles. The molecule has 0 aliphatic carbocycles. The predicted octanol–water partition coefficient (Wildman–Crippen LogP) is 3.57. The molecule has 1 N–H and O–H groups in total. The highest BCUT2D eigenvalue weighted by atomic mass is 16.6. The van der Waals surface area contributed by atoms with E-state index in [0.717, 1.165) is 0 Å². The van der Waals surface area contributed by atoms with E-state index < -0.39 is 10.8 Å². The van der Waals surface area contributed by atoms with Crippen molar-refractivity contribution in [1.29, 1.82) is 0 Å². The van der Waals surface area contributed by atoms with Gasteiger partial charge in [-0.1, -0.05) is 12.1 Å². The third-order valence-corrected chi connectivity index (χ3v) is 5.74. The van der Waals surface area contributed by atoms with Crippen LogP contribution in [-0.4, -0.2) is 52.7 Å². The molecule has 0 radical (unpaired) electrons. The Morgan fingerprint density at radius 1 is 0.935 bits per heavy atom. The fraction of sp³-hybridized carbons (Fsp3) is 0.478. The number of dihydropyridines is 1. The van der Waals surface area contributed by atoms with Crippen LogP contribution in [0.5, 0.6) is 0 Å². The lowest BCUT2D eigenvalue weighted by Crippen LogP contribution is -2.42. The molecule has 0 unspecified atom stereocenters. The van der Waals surface area contributed by atoms with Crippen LogP contribution < -0.4 is 5.32 Å². The molecule has 8 heteroatoms. The monoisotopic (exact) mass is 428 g/mol. The van der Waals surface area contributed by atoms with Crippen molar-refractivity contribution in [3.8, 4) is 0 Å². The van der Waals surface area contributed by atoms with Gasteiger partial charge in [0.05, 0.1) is 4.92 Å². The first-order valence-corrected chi connectivity index (χ1v) is 10.7. The molecular formula is C23H32N4O4. The Bertz CT molecular complexity index is 881. The summed E-state index contributed by atoms with van der Waals surface area (Å²) >= 11 is 0. The van der Waals surface area contributed by atoms with Crippen LogP contribution in [0.15, 0.2) is 46.8 Å². The highest BCUT2D eigenvalue weighted by molar-refractivity contribution is 6.03. The molecule has 1 aliphatic rings. The standard InChI is InChI=1S/C23H32N4O4/c1-7-25(8-2)22(28)19-15(5)24-16(6)20(23(29)26(9-3)10-4)21(19)17-12-11-13-18(14-17)27(30)31/h11-14,21,24H,7-10H2,1-6H3. The molecule has 1 aromatic rings. The Morgan fingerprint density at radius 2 is 1.39 bits per heavy atom. The third kappa shape index (κ3) is 4.78. The molecule has 168 valence electrons. The summed E-state index contributed by atoms with van der Waals surface area (Å²) in [6.45, 7) is 13.3. The van der Waals surface area contributed by atoms with E-state index >= 15 is 0 Å². The molecule has 0 aromatic heterocycles. The minimum absolute atomic E-state index is 0.0735. The maximum Gasteiger partial charge on any atom is 0.269 e. The predicted molar refractivity (Wildman–Crippen MR) is 120 cm³/mol. The minimum Gasteiger partial charge on any atom is -0.362 e. The fourth-order valence-electron chi connectivity index (χ4n) is 4.07. The summed E-state index contributed by atoms with van der Waals surface area (Å²) in [6, 6.07) is 6.21. The highest BCUT2D eigenvalue weighted by Gasteiger charge is 2.39. The number of carbonyl (C=O) groups excluding carboxylic acids is 2. The molecule has 1 heterocycles. The van der Waals surface area contributed by atoms with E-state index in [1.807, 2.05) is 41.5 Å². The van der Waals surface area contributed by atoms with Gasteiger partial charge in [-0.3, -0.25) is 19.7 Å². The van der Waals surface area contributed by atoms with E-state index in [1.165, 1.54) is 12.1 Å². The van der Waals surface area contributed by atoms with Crippen molar-refractivity contribution in [2.24, 2.45) is 0 Å². The number of rotatable bonds is 8. The van der Waals surface area contributed by atoms with Gasteiger partial charge in [-0.05, 0) is 47.1 Å². The Balaban J connectivity index is 2.76. The molecule has 0 saturated heterocycles. The maximum atomic E-state index is 13.5. The number of nitro groups is 1. The first-order chi connectivity index (χ1) is 14.7. The number of nitro benzene ring substituents is 1. The van der Waals surface area contributed by atoms with Crippen LogP contribution in [0.25, 0.3) is 0 Å². The smallest absolute Gasteiger partial charge is 0.269 e. The number of nitrogens with one attached hydrogen (secondary N) is 1. The van der Waals surface area contributed by atoms with Crippen molar-refractivity contribution < 1.29 is 14.5 Å². The van der Waals surface area contributed by atoms with Crippen molar-refractivity contribution >= 4 is 17.5 Å². The quantitative estimate of drug-likeness (QED) is 0.504. The number of hydrogen-bond acceptors (Lipinski definition) is 5. The number of hydrogen-bond donors (Lipinski definition) is 1. The lowest BCUT2D eigenvalue weighted by atomic mass is 9.79. The summed E-state index contributed by atoms with van der Waals surface area (Å²) in [7, 11) is 0. The molecule has 0 spiro atoms. The van der Waals surface area contributed by atoms with E-state index in [0.29, 0.717) is 54.3 Å². The van der Waals surface area contributed by atoms with Crippen LogP contribution in [0.4, 0.5) is 5.69 Å². The largest absolute Gasteiger partial charge is 0.362 e. The van der Waals surface area contributed by atoms with Crippen molar-refractivity contribution in [3.63, 3.8) is 0 Å². The van der Waals surface area contributed by atoms with Crippen LogP contribution in [0, 0.1) is 10.1 Å². The molecule has 8 nitrogen and oxygen atoms in total. The number of nitrogens with zero attached hydrogens (tertiary/aromatic N) is 3. The Labute approximate surface area is 183 Å². The number of carbonyl (C=O) groups is 2. The second-order valence-electron chi connectivity index (χ2n) is 7.44. The second-order valence-corrected chi connectivity index (χ2v) is 7.44. The summed E-state index contributed by atoms with van der Waals surface area (Å²) in [5, 5.41) is 14.6. The maximum absolute atomic E-state index is 13.5. The summed E-state index contributed by atoms with van der Waals surface area (Å²) in [5.74, 6) is -1.05. The van der Waals surface area contributed by atoms with Gasteiger partial charge < -0.3 is 15.1 Å². The zero-order valence-corrected chi connectivity index (χ0v) is 19.2. The number of benzene rings is 1. The number of allylic oxidation sites excluding steroid dienone is 2. The third-order valence-electron chi connectivity index (χ3n) is 5.74. The van der Waals surface area contributed by atoms with Crippen molar-refractivity contribution in [2.45, 2.75) is 47.5 Å². The summed E-state index contributed by atoms with van der Waals surface area (Å²) < 4.78 is 0. The molecule has 0 fully saturated rings. The van der Waals surface area contributed by atoms with Gasteiger partial charge >= 0.3 is 0 Å². The van der Waals surface area contributed by atoms with Gasteiger partial charge in [0.1, 0.15) is 0 Å². The Hall–Kier alpha value is -3.16. The lowest BCUT2D eigenvalue weighted by Gasteiger charge is -2.35. The van der Waals surface area contributed by atoms with Crippen LogP contribution >= 0.6 is 0 Å². The van der Waals surface area contributed by atoms with E-state index in [4.69, 9.17) is 0 Å². The highest BCUT2D eigenvalue weighted by Crippen LogP contribution is 2.40. The number of non-ortho nitro benzene ring substituents is 1. The van der Waals surface area contributed by atoms with Crippen molar-refractivity contribution in [3.05, 3.63) is 62.5 Å². The molecule has 1 aliphatic heterocycles. The van der Waals surface area contributed by atoms with Crippen LogP contribution in [0.1, 0.15) is 53.0 Å². The average Bonchev–Trinajstić information content (AvgIpc) is 2.74. The van der Waals surface area contributed by atoms with Gasteiger partial charge in [0.2, 0.25) is 0 Å². The van der Waals surface area contributed by atoms with Gasteiger partial charge in [0.25, 0.3) is 17.5 Å². The summed E-state index contributed by atoms with van der Waals surface area (Å²) in [4.78, 5) is 41.4. The van der Waals surface area contributed by atoms with E-state index in [9.17, 15) is 19.7 Å². The number of likely N-dealkylation sites (N-methyl/N-ethyl adjacent to an activating group) is 2. The molecule has 31 heavy (non-hydrogen) atoms. The Morgan fingerprint density at radius 3 is 1.77 bits per heavy atom. The topological polar surface area (TPSA) is 95.8 Å². The van der Waals surface area contributed by atoms with Gasteiger partial charge in [0.15, 0.2) is 0 Å². The van der Waals surface area contributed by atoms with Gasteiger partial charge in [-0.2, -0.15) is 0 Å². The molecule has 2 amide bonds.